The Balaban J connectivity index is 1.86. The highest BCUT2D eigenvalue weighted by Gasteiger charge is 2.07. The molecule has 1 aromatic carbocycles. The van der Waals surface area contributed by atoms with Gasteiger partial charge in [0.05, 0.1) is 12.0 Å². The predicted molar refractivity (Wildman–Crippen MR) is 80.2 cm³/mol. The van der Waals surface area contributed by atoms with E-state index in [1.54, 1.807) is 10.9 Å². The van der Waals surface area contributed by atoms with Crippen molar-refractivity contribution >= 4 is 11.5 Å². The fraction of sp³-hybridized carbons (Fsp3) is 0.0714. The van der Waals surface area contributed by atoms with E-state index in [9.17, 15) is 4.79 Å². The molecule has 0 unspecified atom stereocenters. The fourth-order valence-corrected chi connectivity index (χ4v) is 2.03. The van der Waals surface area contributed by atoms with Crippen LogP contribution >= 0.6 is 0 Å². The smallest absolute Gasteiger partial charge is 0.276 e. The lowest BCUT2D eigenvalue weighted by Gasteiger charge is -2.11. The molecule has 3 aromatic rings. The highest BCUT2D eigenvalue weighted by Crippen LogP contribution is 2.16. The molecule has 0 amide bonds. The summed E-state index contributed by atoms with van der Waals surface area (Å²) in [5.74, 6) is 0.369. The van der Waals surface area contributed by atoms with Crippen molar-refractivity contribution < 1.29 is 0 Å². The maximum atomic E-state index is 11.4. The second-order valence-corrected chi connectivity index (χ2v) is 4.43. The quantitative estimate of drug-likeness (QED) is 0.666. The Hall–Kier alpha value is -3.09. The Morgan fingerprint density at radius 3 is 2.95 bits per heavy atom. The number of anilines is 2. The van der Waals surface area contributed by atoms with Gasteiger partial charge in [-0.3, -0.25) is 4.79 Å². The maximum absolute atomic E-state index is 11.4. The Labute approximate surface area is 120 Å². The molecule has 7 heteroatoms. The van der Waals surface area contributed by atoms with Crippen LogP contribution in [-0.2, 0) is 6.54 Å². The number of aromatic amines is 1. The maximum Gasteiger partial charge on any atom is 0.276 e. The summed E-state index contributed by atoms with van der Waals surface area (Å²) in [6.07, 6.45) is 4.92. The lowest BCUT2D eigenvalue weighted by Crippen LogP contribution is -2.16. The summed E-state index contributed by atoms with van der Waals surface area (Å²) in [5, 5.41) is 7.30. The van der Waals surface area contributed by atoms with Crippen LogP contribution in [-0.4, -0.2) is 19.7 Å². The van der Waals surface area contributed by atoms with Crippen LogP contribution in [0.15, 0.2) is 53.8 Å². The zero-order chi connectivity index (χ0) is 14.7. The third kappa shape index (κ3) is 2.62. The van der Waals surface area contributed by atoms with Gasteiger partial charge in [0, 0.05) is 18.9 Å². The number of para-hydroxylation sites is 1. The summed E-state index contributed by atoms with van der Waals surface area (Å²) >= 11 is 0. The summed E-state index contributed by atoms with van der Waals surface area (Å²) in [4.78, 5) is 17.9. The molecule has 0 aliphatic heterocycles. The first kappa shape index (κ1) is 12.9. The molecular formula is C14H14N6O. The van der Waals surface area contributed by atoms with Crippen LogP contribution in [0.4, 0.5) is 11.5 Å². The number of nitrogens with zero attached hydrogens (tertiary/aromatic N) is 3. The Kier molecular flexibility index (Phi) is 3.38. The number of nitrogens with one attached hydrogen (secondary N) is 2. The van der Waals surface area contributed by atoms with Gasteiger partial charge in [-0.1, -0.05) is 18.2 Å². The van der Waals surface area contributed by atoms with E-state index in [0.717, 1.165) is 11.3 Å². The van der Waals surface area contributed by atoms with Crippen LogP contribution in [0.2, 0.25) is 0 Å². The van der Waals surface area contributed by atoms with Crippen LogP contribution in [0.5, 0.6) is 0 Å². The summed E-state index contributed by atoms with van der Waals surface area (Å²) < 4.78 is 1.78. The van der Waals surface area contributed by atoms with E-state index in [1.807, 2.05) is 36.5 Å². The molecule has 0 atom stereocenters. The molecule has 2 heterocycles. The molecule has 0 radical (unpaired) electrons. The molecule has 4 N–H and O–H groups in total. The normalized spacial score (nSPS) is 10.5. The zero-order valence-electron chi connectivity index (χ0n) is 11.2. The molecule has 0 spiro atoms. The minimum absolute atomic E-state index is 0.0778. The van der Waals surface area contributed by atoms with E-state index in [4.69, 9.17) is 5.73 Å². The number of nitrogens with two attached hydrogens (primary N) is 1. The number of hydrogen-bond donors (Lipinski definition) is 3. The molecule has 0 fully saturated rings. The van der Waals surface area contributed by atoms with Crippen molar-refractivity contribution in [2.24, 2.45) is 0 Å². The summed E-state index contributed by atoms with van der Waals surface area (Å²) in [5.41, 5.74) is 7.39. The summed E-state index contributed by atoms with van der Waals surface area (Å²) in [7, 11) is 0. The third-order valence-corrected chi connectivity index (χ3v) is 3.08. The molecule has 0 aliphatic rings. The van der Waals surface area contributed by atoms with Crippen LogP contribution in [0, 0.1) is 0 Å². The third-order valence-electron chi connectivity index (χ3n) is 3.08. The van der Waals surface area contributed by atoms with Gasteiger partial charge in [0.15, 0.2) is 5.82 Å². The second kappa shape index (κ2) is 5.49. The van der Waals surface area contributed by atoms with Crippen molar-refractivity contribution in [2.75, 3.05) is 11.1 Å². The first-order chi connectivity index (χ1) is 10.3. The molecule has 7 nitrogen and oxygen atoms in total. The van der Waals surface area contributed by atoms with Gasteiger partial charge in [-0.15, -0.1) is 0 Å². The summed E-state index contributed by atoms with van der Waals surface area (Å²) in [6, 6.07) is 9.70. The molecule has 3 rings (SSSR count). The first-order valence-electron chi connectivity index (χ1n) is 6.40. The van der Waals surface area contributed by atoms with Gasteiger partial charge in [-0.05, 0) is 17.7 Å². The number of H-pyrrole nitrogens is 1. The topological polar surface area (TPSA) is 102 Å². The number of benzene rings is 1. The average molecular weight is 282 g/mol. The van der Waals surface area contributed by atoms with Crippen LogP contribution in [0.3, 0.4) is 0 Å². The van der Waals surface area contributed by atoms with Gasteiger partial charge in [-0.25, -0.2) is 9.67 Å². The van der Waals surface area contributed by atoms with Gasteiger partial charge < -0.3 is 16.0 Å². The first-order valence-corrected chi connectivity index (χ1v) is 6.40. The Morgan fingerprint density at radius 2 is 2.14 bits per heavy atom. The lowest BCUT2D eigenvalue weighted by atomic mass is 10.2. The Bertz CT molecular complexity index is 793. The van der Waals surface area contributed by atoms with Crippen molar-refractivity contribution in [3.05, 3.63) is 65.0 Å². The molecule has 0 aliphatic carbocycles. The zero-order valence-corrected chi connectivity index (χ0v) is 11.2. The van der Waals surface area contributed by atoms with Gasteiger partial charge in [-0.2, -0.15) is 5.10 Å². The highest BCUT2D eigenvalue weighted by molar-refractivity contribution is 5.59. The highest BCUT2D eigenvalue weighted by atomic mass is 16.1. The molecular weight excluding hydrogens is 268 g/mol. The van der Waals surface area contributed by atoms with Gasteiger partial charge in [0.25, 0.3) is 5.56 Å². The standard InChI is InChI=1S/C14H14N6O/c15-12-13(17-9-18-14(12)21)16-8-10-4-1-2-5-11(10)20-7-3-6-19-20/h1-7,9H,8,15H2,(H2,16,17,18,21). The minimum atomic E-state index is -0.354. The molecule has 106 valence electrons. The van der Waals surface area contributed by atoms with Crippen LogP contribution in [0.1, 0.15) is 5.56 Å². The second-order valence-electron chi connectivity index (χ2n) is 4.43. The van der Waals surface area contributed by atoms with E-state index in [-0.39, 0.29) is 11.2 Å². The van der Waals surface area contributed by atoms with E-state index in [2.05, 4.69) is 20.4 Å². The fourth-order valence-electron chi connectivity index (χ4n) is 2.03. The molecule has 0 saturated heterocycles. The lowest BCUT2D eigenvalue weighted by molar-refractivity contribution is 0.863. The largest absolute Gasteiger partial charge is 0.391 e. The number of aromatic nitrogens is 4. The van der Waals surface area contributed by atoms with E-state index < -0.39 is 0 Å². The number of nitrogen functional groups attached to an aromatic ring is 1. The van der Waals surface area contributed by atoms with Crippen molar-refractivity contribution in [1.82, 2.24) is 19.7 Å². The van der Waals surface area contributed by atoms with E-state index >= 15 is 0 Å². The van der Waals surface area contributed by atoms with Crippen molar-refractivity contribution in [3.63, 3.8) is 0 Å². The average Bonchev–Trinajstić information content (AvgIpc) is 3.03. The molecule has 21 heavy (non-hydrogen) atoms. The minimum Gasteiger partial charge on any atom is -0.391 e. The monoisotopic (exact) mass is 282 g/mol. The van der Waals surface area contributed by atoms with Crippen LogP contribution < -0.4 is 16.6 Å². The van der Waals surface area contributed by atoms with Gasteiger partial charge in [0.1, 0.15) is 5.69 Å². The molecule has 0 bridgehead atoms. The van der Waals surface area contributed by atoms with Gasteiger partial charge in [0.2, 0.25) is 0 Å². The predicted octanol–water partition coefficient (Wildman–Crippen LogP) is 1.15. The van der Waals surface area contributed by atoms with E-state index in [1.165, 1.54) is 6.33 Å². The van der Waals surface area contributed by atoms with E-state index in [0.29, 0.717) is 12.4 Å². The Morgan fingerprint density at radius 1 is 1.29 bits per heavy atom. The van der Waals surface area contributed by atoms with Gasteiger partial charge >= 0.3 is 0 Å². The SMILES string of the molecule is Nc1c(NCc2ccccc2-n2cccn2)nc[nH]c1=O. The van der Waals surface area contributed by atoms with Crippen molar-refractivity contribution in [2.45, 2.75) is 6.54 Å². The molecule has 2 aromatic heterocycles. The van der Waals surface area contributed by atoms with Crippen molar-refractivity contribution in [1.29, 1.82) is 0 Å². The number of hydrogen-bond acceptors (Lipinski definition) is 5. The van der Waals surface area contributed by atoms with Crippen LogP contribution in [0.25, 0.3) is 5.69 Å². The van der Waals surface area contributed by atoms with Crippen molar-refractivity contribution in [3.8, 4) is 5.69 Å². The summed E-state index contributed by atoms with van der Waals surface area (Å²) in [6.45, 7) is 0.483. The molecule has 0 saturated carbocycles. The number of rotatable bonds is 4.